The van der Waals surface area contributed by atoms with Crippen LogP contribution in [0.1, 0.15) is 21.7 Å². The van der Waals surface area contributed by atoms with Crippen LogP contribution in [0, 0.1) is 11.6 Å². The minimum absolute atomic E-state index is 0.00849. The maximum Gasteiger partial charge on any atom is 0.254 e. The Hall–Kier alpha value is -2.57. The van der Waals surface area contributed by atoms with Gasteiger partial charge < -0.3 is 11.5 Å². The van der Waals surface area contributed by atoms with Gasteiger partial charge >= 0.3 is 0 Å². The summed E-state index contributed by atoms with van der Waals surface area (Å²) in [7, 11) is 0. The van der Waals surface area contributed by atoms with E-state index in [2.05, 4.69) is 9.97 Å². The molecule has 0 radical (unpaired) electrons. The fraction of sp³-hybridized carbons (Fsp3) is 0.0833. The van der Waals surface area contributed by atoms with Gasteiger partial charge in [0.25, 0.3) is 5.91 Å². The first-order chi connectivity index (χ1) is 8.95. The Morgan fingerprint density at radius 2 is 1.84 bits per heavy atom. The molecule has 19 heavy (non-hydrogen) atoms. The fourth-order valence-electron chi connectivity index (χ4n) is 1.60. The topological polar surface area (TPSA) is 94.9 Å². The van der Waals surface area contributed by atoms with Gasteiger partial charge in [0, 0.05) is 18.7 Å². The molecule has 1 amide bonds. The minimum Gasteiger partial charge on any atom is -0.383 e. The molecule has 0 fully saturated rings. The monoisotopic (exact) mass is 264 g/mol. The lowest BCUT2D eigenvalue weighted by Crippen LogP contribution is -2.16. The summed E-state index contributed by atoms with van der Waals surface area (Å²) in [6.07, 6.45) is 1.29. The second-order valence-corrected chi connectivity index (χ2v) is 3.90. The van der Waals surface area contributed by atoms with Crippen molar-refractivity contribution in [3.05, 3.63) is 53.0 Å². The van der Waals surface area contributed by atoms with Crippen LogP contribution in [0.4, 0.5) is 14.6 Å². The average Bonchev–Trinajstić information content (AvgIpc) is 2.26. The van der Waals surface area contributed by atoms with E-state index >= 15 is 0 Å². The van der Waals surface area contributed by atoms with Crippen LogP contribution in [0.3, 0.4) is 0 Å². The molecular formula is C12H10F2N4O. The van der Waals surface area contributed by atoms with E-state index in [1.165, 1.54) is 18.3 Å². The summed E-state index contributed by atoms with van der Waals surface area (Å²) >= 11 is 0. The lowest BCUT2D eigenvalue weighted by Gasteiger charge is -2.04. The van der Waals surface area contributed by atoms with Crippen LogP contribution in [-0.4, -0.2) is 15.9 Å². The normalized spacial score (nSPS) is 10.4. The van der Waals surface area contributed by atoms with E-state index < -0.39 is 17.5 Å². The van der Waals surface area contributed by atoms with E-state index in [1.807, 2.05) is 0 Å². The number of halogens is 2. The van der Waals surface area contributed by atoms with E-state index in [-0.39, 0.29) is 23.6 Å². The number of benzene rings is 1. The van der Waals surface area contributed by atoms with Crippen molar-refractivity contribution in [3.8, 4) is 0 Å². The lowest BCUT2D eigenvalue weighted by atomic mass is 10.1. The predicted octanol–water partition coefficient (Wildman–Crippen LogP) is 1.03. The van der Waals surface area contributed by atoms with Crippen LogP contribution in [-0.2, 0) is 6.42 Å². The molecule has 1 aromatic heterocycles. The highest BCUT2D eigenvalue weighted by Gasteiger charge is 2.10. The summed E-state index contributed by atoms with van der Waals surface area (Å²) in [5.74, 6) is -1.92. The molecule has 4 N–H and O–H groups in total. The van der Waals surface area contributed by atoms with Crippen molar-refractivity contribution in [1.29, 1.82) is 0 Å². The van der Waals surface area contributed by atoms with Gasteiger partial charge in [0.2, 0.25) is 0 Å². The van der Waals surface area contributed by atoms with Gasteiger partial charge in [0.1, 0.15) is 23.3 Å². The van der Waals surface area contributed by atoms with Crippen LogP contribution in [0.5, 0.6) is 0 Å². The summed E-state index contributed by atoms with van der Waals surface area (Å²) in [5, 5.41) is 0. The van der Waals surface area contributed by atoms with Gasteiger partial charge in [-0.3, -0.25) is 4.79 Å². The van der Waals surface area contributed by atoms with Crippen LogP contribution in [0.2, 0.25) is 0 Å². The van der Waals surface area contributed by atoms with Crippen molar-refractivity contribution in [3.63, 3.8) is 0 Å². The third kappa shape index (κ3) is 3.01. The third-order valence-corrected chi connectivity index (χ3v) is 2.42. The molecule has 2 aromatic rings. The second-order valence-electron chi connectivity index (χ2n) is 3.90. The highest BCUT2D eigenvalue weighted by Crippen LogP contribution is 2.13. The van der Waals surface area contributed by atoms with Crippen LogP contribution in [0.15, 0.2) is 24.4 Å². The molecule has 1 aromatic carbocycles. The highest BCUT2D eigenvalue weighted by atomic mass is 19.1. The Kier molecular flexibility index (Phi) is 3.37. The molecule has 0 bridgehead atoms. The number of amides is 1. The maximum atomic E-state index is 13.0. The van der Waals surface area contributed by atoms with Gasteiger partial charge in [-0.05, 0) is 17.7 Å². The fourth-order valence-corrected chi connectivity index (χ4v) is 1.60. The zero-order valence-electron chi connectivity index (χ0n) is 9.73. The molecule has 5 nitrogen and oxygen atoms in total. The van der Waals surface area contributed by atoms with Crippen molar-refractivity contribution in [2.24, 2.45) is 5.73 Å². The maximum absolute atomic E-state index is 13.0. The van der Waals surface area contributed by atoms with E-state index in [4.69, 9.17) is 11.5 Å². The van der Waals surface area contributed by atoms with Crippen molar-refractivity contribution in [2.75, 3.05) is 5.73 Å². The third-order valence-electron chi connectivity index (χ3n) is 2.42. The lowest BCUT2D eigenvalue weighted by molar-refractivity contribution is 0.100. The predicted molar refractivity (Wildman–Crippen MR) is 64.1 cm³/mol. The first-order valence-corrected chi connectivity index (χ1v) is 5.32. The number of rotatable bonds is 3. The number of primary amides is 1. The SMILES string of the molecule is NC(=O)c1cnc(Cc2cc(F)cc(F)c2)nc1N. The van der Waals surface area contributed by atoms with Gasteiger partial charge in [0.15, 0.2) is 0 Å². The van der Waals surface area contributed by atoms with Gasteiger partial charge in [-0.25, -0.2) is 18.7 Å². The molecule has 7 heteroatoms. The number of carbonyl (C=O) groups excluding carboxylic acids is 1. The van der Waals surface area contributed by atoms with E-state index in [0.29, 0.717) is 5.56 Å². The standard InChI is InChI=1S/C12H10F2N4O/c13-7-1-6(2-8(14)4-7)3-10-17-5-9(12(16)19)11(15)18-10/h1-2,4-5H,3H2,(H2,16,19)(H2,15,17,18). The van der Waals surface area contributed by atoms with E-state index in [9.17, 15) is 13.6 Å². The molecule has 0 atom stereocenters. The average molecular weight is 264 g/mol. The summed E-state index contributed by atoms with van der Waals surface area (Å²) < 4.78 is 26.0. The molecule has 0 unspecified atom stereocenters. The summed E-state index contributed by atoms with van der Waals surface area (Å²) in [6, 6.07) is 3.12. The van der Waals surface area contributed by atoms with Gasteiger partial charge in [0.05, 0.1) is 5.56 Å². The minimum atomic E-state index is -0.735. The van der Waals surface area contributed by atoms with Crippen molar-refractivity contribution in [1.82, 2.24) is 9.97 Å². The largest absolute Gasteiger partial charge is 0.383 e. The molecule has 2 rings (SSSR count). The highest BCUT2D eigenvalue weighted by molar-refractivity contribution is 5.96. The van der Waals surface area contributed by atoms with Crippen LogP contribution < -0.4 is 11.5 Å². The second kappa shape index (κ2) is 4.97. The Morgan fingerprint density at radius 1 is 1.21 bits per heavy atom. The van der Waals surface area contributed by atoms with E-state index in [1.54, 1.807) is 0 Å². The number of hydrogen-bond donors (Lipinski definition) is 2. The molecule has 0 saturated carbocycles. The van der Waals surface area contributed by atoms with Gasteiger partial charge in [-0.15, -0.1) is 0 Å². The van der Waals surface area contributed by atoms with Crippen molar-refractivity contribution < 1.29 is 13.6 Å². The number of anilines is 1. The number of nitrogens with zero attached hydrogens (tertiary/aromatic N) is 2. The number of carbonyl (C=O) groups is 1. The van der Waals surface area contributed by atoms with Crippen LogP contribution in [0.25, 0.3) is 0 Å². The first-order valence-electron chi connectivity index (χ1n) is 5.32. The van der Waals surface area contributed by atoms with Crippen molar-refractivity contribution in [2.45, 2.75) is 6.42 Å². The quantitative estimate of drug-likeness (QED) is 0.865. The Labute approximate surface area is 107 Å². The summed E-state index contributed by atoms with van der Waals surface area (Å²) in [4.78, 5) is 18.7. The number of aromatic nitrogens is 2. The smallest absolute Gasteiger partial charge is 0.254 e. The molecule has 0 saturated heterocycles. The van der Waals surface area contributed by atoms with Gasteiger partial charge in [-0.1, -0.05) is 0 Å². The number of nitrogens with two attached hydrogens (primary N) is 2. The zero-order chi connectivity index (χ0) is 14.0. The Balaban J connectivity index is 2.28. The van der Waals surface area contributed by atoms with Crippen molar-refractivity contribution >= 4 is 11.7 Å². The molecule has 1 heterocycles. The summed E-state index contributed by atoms with van der Waals surface area (Å²) in [5.41, 5.74) is 11.0. The van der Waals surface area contributed by atoms with Crippen LogP contribution >= 0.6 is 0 Å². The van der Waals surface area contributed by atoms with Gasteiger partial charge in [-0.2, -0.15) is 0 Å². The zero-order valence-corrected chi connectivity index (χ0v) is 9.73. The molecular weight excluding hydrogens is 254 g/mol. The number of nitrogen functional groups attached to an aromatic ring is 1. The molecule has 0 aliphatic heterocycles. The Bertz CT molecular complexity index is 625. The molecule has 0 aliphatic carbocycles. The molecule has 98 valence electrons. The Morgan fingerprint density at radius 3 is 2.37 bits per heavy atom. The molecule has 0 aliphatic rings. The molecule has 0 spiro atoms. The summed E-state index contributed by atoms with van der Waals surface area (Å²) in [6.45, 7) is 0. The number of hydrogen-bond acceptors (Lipinski definition) is 4. The van der Waals surface area contributed by atoms with E-state index in [0.717, 1.165) is 6.07 Å². The first kappa shape index (κ1) is 12.9.